The molecular weight excluding hydrogens is 305 g/mol. The van der Waals surface area contributed by atoms with E-state index in [4.69, 9.17) is 0 Å². The molecule has 0 N–H and O–H groups in total. The molecule has 1 fully saturated rings. The SMILES string of the molecule is CN(C)c1cc(C2CCCN2C(=O)Cc2ccccc2F)ccn1. The van der Waals surface area contributed by atoms with Crippen LogP contribution in [0.3, 0.4) is 0 Å². The van der Waals surface area contributed by atoms with Gasteiger partial charge in [-0.05, 0) is 42.2 Å². The van der Waals surface area contributed by atoms with E-state index in [-0.39, 0.29) is 24.2 Å². The molecule has 0 aliphatic carbocycles. The van der Waals surface area contributed by atoms with Crippen LogP contribution < -0.4 is 4.90 Å². The molecule has 4 nitrogen and oxygen atoms in total. The molecule has 1 aliphatic heterocycles. The first-order valence-corrected chi connectivity index (χ1v) is 8.22. The normalized spacial score (nSPS) is 17.1. The number of anilines is 1. The quantitative estimate of drug-likeness (QED) is 0.865. The second kappa shape index (κ2) is 6.99. The van der Waals surface area contributed by atoms with Crippen LogP contribution in [0.15, 0.2) is 42.6 Å². The molecule has 2 heterocycles. The zero-order valence-electron chi connectivity index (χ0n) is 14.1. The summed E-state index contributed by atoms with van der Waals surface area (Å²) in [4.78, 5) is 20.9. The van der Waals surface area contributed by atoms with Crippen molar-refractivity contribution in [3.63, 3.8) is 0 Å². The molecule has 1 atom stereocenters. The molecule has 1 unspecified atom stereocenters. The highest BCUT2D eigenvalue weighted by molar-refractivity contribution is 5.79. The minimum atomic E-state index is -0.319. The Morgan fingerprint density at radius 3 is 2.88 bits per heavy atom. The lowest BCUT2D eigenvalue weighted by Gasteiger charge is -2.26. The average Bonchev–Trinajstić information content (AvgIpc) is 3.07. The highest BCUT2D eigenvalue weighted by atomic mass is 19.1. The number of carbonyl (C=O) groups is 1. The van der Waals surface area contributed by atoms with Crippen molar-refractivity contribution in [2.24, 2.45) is 0 Å². The third-order valence-electron chi connectivity index (χ3n) is 4.49. The van der Waals surface area contributed by atoms with Crippen LogP contribution in [0.25, 0.3) is 0 Å². The van der Waals surface area contributed by atoms with Crippen LogP contribution in [-0.4, -0.2) is 36.4 Å². The van der Waals surface area contributed by atoms with Crippen molar-refractivity contribution in [3.8, 4) is 0 Å². The highest BCUT2D eigenvalue weighted by Gasteiger charge is 2.30. The van der Waals surface area contributed by atoms with Crippen molar-refractivity contribution in [1.29, 1.82) is 0 Å². The van der Waals surface area contributed by atoms with E-state index in [1.54, 1.807) is 24.4 Å². The number of carbonyl (C=O) groups excluding carboxylic acids is 1. The number of benzene rings is 1. The number of hydrogen-bond donors (Lipinski definition) is 0. The molecule has 126 valence electrons. The monoisotopic (exact) mass is 327 g/mol. The van der Waals surface area contributed by atoms with Gasteiger partial charge in [0.25, 0.3) is 0 Å². The summed E-state index contributed by atoms with van der Waals surface area (Å²) in [5.74, 6) is 0.534. The van der Waals surface area contributed by atoms with Crippen molar-refractivity contribution in [3.05, 3.63) is 59.5 Å². The van der Waals surface area contributed by atoms with E-state index in [2.05, 4.69) is 4.98 Å². The van der Waals surface area contributed by atoms with Crippen molar-refractivity contribution in [2.75, 3.05) is 25.5 Å². The molecule has 1 amide bonds. The summed E-state index contributed by atoms with van der Waals surface area (Å²) in [5.41, 5.74) is 1.55. The molecule has 1 aliphatic rings. The molecule has 0 radical (unpaired) electrons. The number of halogens is 1. The topological polar surface area (TPSA) is 36.4 Å². The predicted octanol–water partition coefficient (Wildman–Crippen LogP) is 3.19. The van der Waals surface area contributed by atoms with Crippen molar-refractivity contribution in [1.82, 2.24) is 9.88 Å². The minimum Gasteiger partial charge on any atom is -0.363 e. The van der Waals surface area contributed by atoms with E-state index in [1.807, 2.05) is 36.0 Å². The maximum atomic E-state index is 13.8. The minimum absolute atomic E-state index is 0.0224. The van der Waals surface area contributed by atoms with Gasteiger partial charge in [0, 0.05) is 26.8 Å². The van der Waals surface area contributed by atoms with E-state index in [0.29, 0.717) is 5.56 Å². The Bertz CT molecular complexity index is 732. The van der Waals surface area contributed by atoms with Crippen LogP contribution in [0.4, 0.5) is 10.2 Å². The van der Waals surface area contributed by atoms with Crippen LogP contribution in [0.5, 0.6) is 0 Å². The summed E-state index contributed by atoms with van der Waals surface area (Å²) in [6, 6.07) is 10.5. The Morgan fingerprint density at radius 2 is 2.12 bits per heavy atom. The van der Waals surface area contributed by atoms with Gasteiger partial charge < -0.3 is 9.80 Å². The summed E-state index contributed by atoms with van der Waals surface area (Å²) in [7, 11) is 3.89. The number of rotatable bonds is 4. The van der Waals surface area contributed by atoms with Gasteiger partial charge >= 0.3 is 0 Å². The molecule has 24 heavy (non-hydrogen) atoms. The number of aromatic nitrogens is 1. The molecule has 0 spiro atoms. The molecule has 1 aromatic carbocycles. The molecule has 1 aromatic heterocycles. The molecule has 5 heteroatoms. The molecule has 2 aromatic rings. The third-order valence-corrected chi connectivity index (χ3v) is 4.49. The predicted molar refractivity (Wildman–Crippen MR) is 92.4 cm³/mol. The Balaban J connectivity index is 1.79. The number of amides is 1. The summed E-state index contributed by atoms with van der Waals surface area (Å²) < 4.78 is 13.8. The van der Waals surface area contributed by atoms with Gasteiger partial charge in [-0.2, -0.15) is 0 Å². The number of likely N-dealkylation sites (tertiary alicyclic amines) is 1. The molecular formula is C19H22FN3O. The Labute approximate surface area is 141 Å². The van der Waals surface area contributed by atoms with Crippen molar-refractivity contribution in [2.45, 2.75) is 25.3 Å². The van der Waals surface area contributed by atoms with Gasteiger partial charge in [-0.15, -0.1) is 0 Å². The van der Waals surface area contributed by atoms with E-state index in [0.717, 1.165) is 30.8 Å². The molecule has 3 rings (SSSR count). The van der Waals surface area contributed by atoms with Crippen LogP contribution in [0, 0.1) is 5.82 Å². The van der Waals surface area contributed by atoms with Gasteiger partial charge in [-0.1, -0.05) is 18.2 Å². The first-order chi connectivity index (χ1) is 11.6. The first-order valence-electron chi connectivity index (χ1n) is 8.22. The second-order valence-electron chi connectivity index (χ2n) is 6.36. The highest BCUT2D eigenvalue weighted by Crippen LogP contribution is 2.33. The fraction of sp³-hybridized carbons (Fsp3) is 0.368. The van der Waals surface area contributed by atoms with Crippen LogP contribution in [0.1, 0.15) is 30.0 Å². The van der Waals surface area contributed by atoms with Gasteiger partial charge in [0.15, 0.2) is 0 Å². The lowest BCUT2D eigenvalue weighted by molar-refractivity contribution is -0.131. The standard InChI is InChI=1S/C19H22FN3O/c1-22(2)18-12-15(9-10-21-18)17-8-5-11-23(17)19(24)13-14-6-3-4-7-16(14)20/h3-4,6-7,9-10,12,17H,5,8,11,13H2,1-2H3. The Morgan fingerprint density at radius 1 is 1.33 bits per heavy atom. The van der Waals surface area contributed by atoms with Crippen molar-refractivity contribution >= 4 is 11.7 Å². The summed E-state index contributed by atoms with van der Waals surface area (Å²) in [5, 5.41) is 0. The van der Waals surface area contributed by atoms with Gasteiger partial charge in [-0.3, -0.25) is 4.79 Å². The largest absolute Gasteiger partial charge is 0.363 e. The molecule has 0 bridgehead atoms. The van der Waals surface area contributed by atoms with E-state index in [1.165, 1.54) is 6.07 Å². The molecule has 0 saturated carbocycles. The van der Waals surface area contributed by atoms with Crippen LogP contribution in [0.2, 0.25) is 0 Å². The fourth-order valence-electron chi connectivity index (χ4n) is 3.20. The lowest BCUT2D eigenvalue weighted by Crippen LogP contribution is -2.32. The van der Waals surface area contributed by atoms with Gasteiger partial charge in [0.2, 0.25) is 5.91 Å². The maximum Gasteiger partial charge on any atom is 0.227 e. The fourth-order valence-corrected chi connectivity index (χ4v) is 3.20. The van der Waals surface area contributed by atoms with Gasteiger partial charge in [0.05, 0.1) is 12.5 Å². The Hall–Kier alpha value is -2.43. The van der Waals surface area contributed by atoms with Gasteiger partial charge in [0.1, 0.15) is 11.6 Å². The summed E-state index contributed by atoms with van der Waals surface area (Å²) in [6.07, 6.45) is 3.78. The van der Waals surface area contributed by atoms with E-state index in [9.17, 15) is 9.18 Å². The number of pyridine rings is 1. The summed E-state index contributed by atoms with van der Waals surface area (Å²) in [6.45, 7) is 0.720. The maximum absolute atomic E-state index is 13.8. The van der Waals surface area contributed by atoms with Crippen molar-refractivity contribution < 1.29 is 9.18 Å². The van der Waals surface area contributed by atoms with Crippen LogP contribution >= 0.6 is 0 Å². The smallest absolute Gasteiger partial charge is 0.227 e. The van der Waals surface area contributed by atoms with Crippen LogP contribution in [-0.2, 0) is 11.2 Å². The number of nitrogens with zero attached hydrogens (tertiary/aromatic N) is 3. The third kappa shape index (κ3) is 3.40. The second-order valence-corrected chi connectivity index (χ2v) is 6.36. The van der Waals surface area contributed by atoms with E-state index >= 15 is 0 Å². The summed E-state index contributed by atoms with van der Waals surface area (Å²) >= 11 is 0. The average molecular weight is 327 g/mol. The number of hydrogen-bond acceptors (Lipinski definition) is 3. The first kappa shape index (κ1) is 16.4. The lowest BCUT2D eigenvalue weighted by atomic mass is 10.0. The van der Waals surface area contributed by atoms with Gasteiger partial charge in [-0.25, -0.2) is 9.37 Å². The zero-order chi connectivity index (χ0) is 17.1. The Kier molecular flexibility index (Phi) is 4.79. The van der Waals surface area contributed by atoms with E-state index < -0.39 is 0 Å². The molecule has 1 saturated heterocycles. The zero-order valence-corrected chi connectivity index (χ0v) is 14.1.